The van der Waals surface area contributed by atoms with Crippen LogP contribution in [0.1, 0.15) is 12.8 Å². The van der Waals surface area contributed by atoms with Gasteiger partial charge in [-0.05, 0) is 38.0 Å². The quantitative estimate of drug-likeness (QED) is 0.372. The Hall–Kier alpha value is -1.22. The zero-order valence-corrected chi connectivity index (χ0v) is 12.9. The molecule has 0 spiro atoms. The SMILES string of the molecule is O=C(O)CC1CNCCNCC(CC(=O)O)CNCCNC1. The molecular weight excluding hydrogens is 288 g/mol. The van der Waals surface area contributed by atoms with Crippen molar-refractivity contribution in [2.75, 3.05) is 52.4 Å². The van der Waals surface area contributed by atoms with E-state index in [0.717, 1.165) is 26.2 Å². The van der Waals surface area contributed by atoms with Crippen molar-refractivity contribution in [3.63, 3.8) is 0 Å². The summed E-state index contributed by atoms with van der Waals surface area (Å²) < 4.78 is 0. The first kappa shape index (κ1) is 18.8. The van der Waals surface area contributed by atoms with Crippen LogP contribution < -0.4 is 21.3 Å². The smallest absolute Gasteiger partial charge is 0.303 e. The monoisotopic (exact) mass is 316 g/mol. The molecule has 8 heteroatoms. The van der Waals surface area contributed by atoms with Crippen molar-refractivity contribution in [2.24, 2.45) is 11.8 Å². The summed E-state index contributed by atoms with van der Waals surface area (Å²) in [5.74, 6) is -1.41. The summed E-state index contributed by atoms with van der Waals surface area (Å²) in [6.07, 6.45) is 0.309. The van der Waals surface area contributed by atoms with E-state index in [1.807, 2.05) is 0 Å². The summed E-state index contributed by atoms with van der Waals surface area (Å²) in [5.41, 5.74) is 0. The fraction of sp³-hybridized carbons (Fsp3) is 0.857. The van der Waals surface area contributed by atoms with Crippen molar-refractivity contribution >= 4 is 11.9 Å². The Balaban J connectivity index is 2.38. The van der Waals surface area contributed by atoms with Crippen LogP contribution in [0, 0.1) is 11.8 Å². The Kier molecular flexibility index (Phi) is 9.72. The summed E-state index contributed by atoms with van der Waals surface area (Å²) in [4.78, 5) is 21.7. The molecule has 1 saturated heterocycles. The topological polar surface area (TPSA) is 123 Å². The minimum Gasteiger partial charge on any atom is -0.481 e. The molecule has 0 unspecified atom stereocenters. The third kappa shape index (κ3) is 9.67. The van der Waals surface area contributed by atoms with Gasteiger partial charge in [-0.1, -0.05) is 0 Å². The van der Waals surface area contributed by atoms with Crippen LogP contribution in [0.4, 0.5) is 0 Å². The van der Waals surface area contributed by atoms with Gasteiger partial charge in [-0.25, -0.2) is 0 Å². The molecule has 128 valence electrons. The van der Waals surface area contributed by atoms with Gasteiger partial charge in [0.2, 0.25) is 0 Å². The highest BCUT2D eigenvalue weighted by atomic mass is 16.4. The van der Waals surface area contributed by atoms with E-state index in [1.54, 1.807) is 0 Å². The van der Waals surface area contributed by atoms with Gasteiger partial charge in [0.05, 0.1) is 12.8 Å². The lowest BCUT2D eigenvalue weighted by atomic mass is 10.1. The van der Waals surface area contributed by atoms with Crippen molar-refractivity contribution in [1.82, 2.24) is 21.3 Å². The van der Waals surface area contributed by atoms with Gasteiger partial charge >= 0.3 is 11.9 Å². The summed E-state index contributed by atoms with van der Waals surface area (Å²) in [6, 6.07) is 0. The lowest BCUT2D eigenvalue weighted by molar-refractivity contribution is -0.139. The Bertz CT molecular complexity index is 293. The summed E-state index contributed by atoms with van der Waals surface area (Å²) in [6.45, 7) is 5.60. The van der Waals surface area contributed by atoms with Crippen molar-refractivity contribution in [3.8, 4) is 0 Å². The minimum atomic E-state index is -0.775. The molecule has 1 rings (SSSR count). The largest absolute Gasteiger partial charge is 0.481 e. The first-order valence-corrected chi connectivity index (χ1v) is 7.84. The molecule has 1 aliphatic rings. The second kappa shape index (κ2) is 11.4. The van der Waals surface area contributed by atoms with Crippen molar-refractivity contribution in [2.45, 2.75) is 12.8 Å². The lowest BCUT2D eigenvalue weighted by Gasteiger charge is -2.20. The molecule has 0 aromatic rings. The van der Waals surface area contributed by atoms with E-state index < -0.39 is 11.9 Å². The van der Waals surface area contributed by atoms with Gasteiger partial charge in [-0.2, -0.15) is 0 Å². The zero-order chi connectivity index (χ0) is 16.2. The Morgan fingerprint density at radius 2 is 0.955 bits per heavy atom. The van der Waals surface area contributed by atoms with E-state index in [2.05, 4.69) is 21.3 Å². The molecule has 0 aromatic heterocycles. The number of hydrogen-bond acceptors (Lipinski definition) is 6. The molecule has 22 heavy (non-hydrogen) atoms. The van der Waals surface area contributed by atoms with Crippen molar-refractivity contribution in [1.29, 1.82) is 0 Å². The van der Waals surface area contributed by atoms with Gasteiger partial charge in [0, 0.05) is 26.2 Å². The molecule has 0 aromatic carbocycles. The molecule has 0 aliphatic carbocycles. The Morgan fingerprint density at radius 1 is 0.682 bits per heavy atom. The van der Waals surface area contributed by atoms with Crippen molar-refractivity contribution < 1.29 is 19.8 Å². The third-order valence-electron chi connectivity index (χ3n) is 3.62. The van der Waals surface area contributed by atoms with Crippen LogP contribution in [0.2, 0.25) is 0 Å². The van der Waals surface area contributed by atoms with E-state index in [1.165, 1.54) is 0 Å². The molecule has 6 N–H and O–H groups in total. The zero-order valence-electron chi connectivity index (χ0n) is 12.9. The maximum absolute atomic E-state index is 10.8. The van der Waals surface area contributed by atoms with Gasteiger partial charge in [0.1, 0.15) is 0 Å². The standard InChI is InChI=1S/C14H28N4O4/c19-13(20)5-11-7-15-1-2-16-8-12(6-14(21)22)10-18-4-3-17-9-11/h11-12,15-18H,1-10H2,(H,19,20)(H,21,22). The van der Waals surface area contributed by atoms with E-state index >= 15 is 0 Å². The van der Waals surface area contributed by atoms with Crippen molar-refractivity contribution in [3.05, 3.63) is 0 Å². The van der Waals surface area contributed by atoms with Crippen LogP contribution in [0.25, 0.3) is 0 Å². The Morgan fingerprint density at radius 3 is 1.18 bits per heavy atom. The first-order chi connectivity index (χ1) is 10.6. The number of rotatable bonds is 4. The van der Waals surface area contributed by atoms with Crippen LogP contribution in [0.5, 0.6) is 0 Å². The average molecular weight is 316 g/mol. The fourth-order valence-corrected chi connectivity index (χ4v) is 2.51. The van der Waals surface area contributed by atoms with Gasteiger partial charge in [-0.15, -0.1) is 0 Å². The Labute approximate surface area is 131 Å². The number of aliphatic carboxylic acids is 2. The summed E-state index contributed by atoms with van der Waals surface area (Å²) in [7, 11) is 0. The summed E-state index contributed by atoms with van der Waals surface area (Å²) in [5, 5.41) is 30.8. The second-order valence-electron chi connectivity index (χ2n) is 5.74. The predicted molar refractivity (Wildman–Crippen MR) is 83.0 cm³/mol. The molecule has 1 heterocycles. The minimum absolute atomic E-state index is 0.0696. The maximum atomic E-state index is 10.8. The molecule has 1 aliphatic heterocycles. The van der Waals surface area contributed by atoms with E-state index in [9.17, 15) is 9.59 Å². The molecular formula is C14H28N4O4. The summed E-state index contributed by atoms with van der Waals surface area (Å²) >= 11 is 0. The highest BCUT2D eigenvalue weighted by Crippen LogP contribution is 2.02. The molecule has 0 radical (unpaired) electrons. The van der Waals surface area contributed by atoms with E-state index in [4.69, 9.17) is 10.2 Å². The normalized spacial score (nSPS) is 26.0. The van der Waals surface area contributed by atoms with Gasteiger partial charge in [0.15, 0.2) is 0 Å². The lowest BCUT2D eigenvalue weighted by Crippen LogP contribution is -2.41. The molecule has 1 fully saturated rings. The van der Waals surface area contributed by atoms with E-state index in [-0.39, 0.29) is 24.7 Å². The van der Waals surface area contributed by atoms with Gasteiger partial charge in [0.25, 0.3) is 0 Å². The average Bonchev–Trinajstić information content (AvgIpc) is 2.43. The van der Waals surface area contributed by atoms with E-state index in [0.29, 0.717) is 26.2 Å². The second-order valence-corrected chi connectivity index (χ2v) is 5.74. The van der Waals surface area contributed by atoms with Crippen LogP contribution >= 0.6 is 0 Å². The van der Waals surface area contributed by atoms with Gasteiger partial charge in [-0.3, -0.25) is 9.59 Å². The number of carbonyl (C=O) groups is 2. The van der Waals surface area contributed by atoms with Gasteiger partial charge < -0.3 is 31.5 Å². The maximum Gasteiger partial charge on any atom is 0.303 e. The predicted octanol–water partition coefficient (Wildman–Crippen LogP) is -1.46. The van der Waals surface area contributed by atoms with Crippen LogP contribution in [-0.4, -0.2) is 74.5 Å². The highest BCUT2D eigenvalue weighted by molar-refractivity contribution is 5.67. The van der Waals surface area contributed by atoms with Crippen LogP contribution in [-0.2, 0) is 9.59 Å². The highest BCUT2D eigenvalue weighted by Gasteiger charge is 2.14. The number of carboxylic acid groups (broad SMARTS) is 2. The molecule has 0 saturated carbocycles. The van der Waals surface area contributed by atoms with Crippen LogP contribution in [0.15, 0.2) is 0 Å². The molecule has 0 atom stereocenters. The number of hydrogen-bond donors (Lipinski definition) is 6. The number of carboxylic acids is 2. The first-order valence-electron chi connectivity index (χ1n) is 7.84. The third-order valence-corrected chi connectivity index (χ3v) is 3.62. The molecule has 8 nitrogen and oxygen atoms in total. The number of nitrogens with one attached hydrogen (secondary N) is 4. The molecule has 0 amide bonds. The van der Waals surface area contributed by atoms with Crippen LogP contribution in [0.3, 0.4) is 0 Å². The molecule has 0 bridgehead atoms. The fourth-order valence-electron chi connectivity index (χ4n) is 2.51.